The zero-order chi connectivity index (χ0) is 13.1. The average Bonchev–Trinajstić information content (AvgIpc) is 2.82. The zero-order valence-corrected chi connectivity index (χ0v) is 12.8. The van der Waals surface area contributed by atoms with E-state index in [1.54, 1.807) is 0 Å². The molecule has 2 atom stereocenters. The molecular weight excluding hydrogens is 254 g/mol. The minimum absolute atomic E-state index is 0.121. The van der Waals surface area contributed by atoms with E-state index in [1.165, 1.54) is 70.8 Å². The third-order valence-electron chi connectivity index (χ3n) is 5.15. The third kappa shape index (κ3) is 3.66. The summed E-state index contributed by atoms with van der Waals surface area (Å²) in [5.41, 5.74) is 6.26. The molecule has 1 aliphatic heterocycles. The first-order valence-electron chi connectivity index (χ1n) is 8.28. The van der Waals surface area contributed by atoms with E-state index in [-0.39, 0.29) is 5.50 Å². The molecule has 3 aliphatic rings. The fraction of sp³-hybridized carbons (Fsp3) is 1.00. The fourth-order valence-electron chi connectivity index (χ4n) is 4.10. The lowest BCUT2D eigenvalue weighted by atomic mass is 9.86. The molecule has 0 aromatic heterocycles. The second-order valence-corrected chi connectivity index (χ2v) is 7.83. The van der Waals surface area contributed by atoms with Gasteiger partial charge in [-0.1, -0.05) is 38.5 Å². The van der Waals surface area contributed by atoms with Gasteiger partial charge in [-0.2, -0.15) is 0 Å². The van der Waals surface area contributed by atoms with Crippen LogP contribution in [0.4, 0.5) is 0 Å². The standard InChI is InChI=1S/C15H29N3S/c16-15-17-14(13-9-5-2-6-10-13)18(19-15)11-12-7-3-1-4-8-12/h12-15,17H,1-11,16H2. The van der Waals surface area contributed by atoms with Gasteiger partial charge in [0, 0.05) is 6.54 Å². The topological polar surface area (TPSA) is 41.3 Å². The largest absolute Gasteiger partial charge is 0.306 e. The first-order valence-corrected chi connectivity index (χ1v) is 9.11. The predicted octanol–water partition coefficient (Wildman–Crippen LogP) is 3.27. The fourth-order valence-corrected chi connectivity index (χ4v) is 5.25. The van der Waals surface area contributed by atoms with Gasteiger partial charge >= 0.3 is 0 Å². The molecule has 19 heavy (non-hydrogen) atoms. The highest BCUT2D eigenvalue weighted by molar-refractivity contribution is 7.97. The van der Waals surface area contributed by atoms with E-state index in [9.17, 15) is 0 Å². The summed E-state index contributed by atoms with van der Waals surface area (Å²) in [5.74, 6) is 1.75. The highest BCUT2D eigenvalue weighted by Gasteiger charge is 2.37. The second kappa shape index (κ2) is 6.79. The smallest absolute Gasteiger partial charge is 0.119 e. The van der Waals surface area contributed by atoms with Gasteiger partial charge in [0.2, 0.25) is 0 Å². The van der Waals surface area contributed by atoms with Gasteiger partial charge in [0.25, 0.3) is 0 Å². The Kier molecular flexibility index (Phi) is 5.07. The van der Waals surface area contributed by atoms with Crippen LogP contribution in [0.5, 0.6) is 0 Å². The van der Waals surface area contributed by atoms with Crippen molar-refractivity contribution in [3.63, 3.8) is 0 Å². The summed E-state index contributed by atoms with van der Waals surface area (Å²) in [4.78, 5) is 0. The molecule has 2 aliphatic carbocycles. The molecule has 1 saturated heterocycles. The molecule has 2 unspecified atom stereocenters. The second-order valence-electron chi connectivity index (χ2n) is 6.64. The molecule has 2 saturated carbocycles. The van der Waals surface area contributed by atoms with E-state index < -0.39 is 0 Å². The monoisotopic (exact) mass is 283 g/mol. The first-order chi connectivity index (χ1) is 9.33. The molecule has 0 aromatic rings. The molecule has 0 radical (unpaired) electrons. The molecule has 0 amide bonds. The van der Waals surface area contributed by atoms with Crippen molar-refractivity contribution in [2.45, 2.75) is 75.9 Å². The van der Waals surface area contributed by atoms with Crippen molar-refractivity contribution in [3.8, 4) is 0 Å². The Bertz CT molecular complexity index is 275. The number of nitrogens with two attached hydrogens (primary N) is 1. The van der Waals surface area contributed by atoms with Gasteiger partial charge in [-0.15, -0.1) is 0 Å². The van der Waals surface area contributed by atoms with Crippen LogP contribution in [0.15, 0.2) is 0 Å². The molecule has 1 heterocycles. The Balaban J connectivity index is 1.57. The van der Waals surface area contributed by atoms with Crippen LogP contribution < -0.4 is 11.1 Å². The number of nitrogens with one attached hydrogen (secondary N) is 1. The summed E-state index contributed by atoms with van der Waals surface area (Å²) in [5, 5.41) is 3.63. The van der Waals surface area contributed by atoms with Crippen LogP contribution in [-0.4, -0.2) is 22.5 Å². The van der Waals surface area contributed by atoms with Crippen molar-refractivity contribution >= 4 is 11.9 Å². The number of nitrogens with zero attached hydrogens (tertiary/aromatic N) is 1. The van der Waals surface area contributed by atoms with Crippen molar-refractivity contribution in [3.05, 3.63) is 0 Å². The van der Waals surface area contributed by atoms with E-state index in [4.69, 9.17) is 5.73 Å². The van der Waals surface area contributed by atoms with Gasteiger partial charge in [0.1, 0.15) is 5.50 Å². The van der Waals surface area contributed by atoms with E-state index in [2.05, 4.69) is 9.62 Å². The summed E-state index contributed by atoms with van der Waals surface area (Å²) < 4.78 is 2.61. The Morgan fingerprint density at radius 3 is 2.26 bits per heavy atom. The number of hydrogen-bond donors (Lipinski definition) is 2. The van der Waals surface area contributed by atoms with Crippen LogP contribution in [0.2, 0.25) is 0 Å². The minimum Gasteiger partial charge on any atom is -0.306 e. The van der Waals surface area contributed by atoms with Crippen LogP contribution in [0.25, 0.3) is 0 Å². The first kappa shape index (κ1) is 14.2. The maximum Gasteiger partial charge on any atom is 0.119 e. The lowest BCUT2D eigenvalue weighted by Crippen LogP contribution is -2.45. The van der Waals surface area contributed by atoms with Gasteiger partial charge in [-0.3, -0.25) is 5.32 Å². The average molecular weight is 283 g/mol. The van der Waals surface area contributed by atoms with Crippen molar-refractivity contribution in [2.24, 2.45) is 17.6 Å². The zero-order valence-electron chi connectivity index (χ0n) is 12.0. The number of hydrogen-bond acceptors (Lipinski definition) is 4. The summed E-state index contributed by atoms with van der Waals surface area (Å²) in [6.45, 7) is 1.26. The van der Waals surface area contributed by atoms with Crippen molar-refractivity contribution in [1.82, 2.24) is 9.62 Å². The van der Waals surface area contributed by atoms with E-state index in [0.717, 1.165) is 11.8 Å². The van der Waals surface area contributed by atoms with E-state index in [0.29, 0.717) is 6.17 Å². The van der Waals surface area contributed by atoms with E-state index >= 15 is 0 Å². The highest BCUT2D eigenvalue weighted by atomic mass is 32.2. The van der Waals surface area contributed by atoms with Gasteiger partial charge in [0.15, 0.2) is 0 Å². The van der Waals surface area contributed by atoms with Crippen LogP contribution in [0, 0.1) is 11.8 Å². The van der Waals surface area contributed by atoms with Crippen LogP contribution in [0.3, 0.4) is 0 Å². The normalized spacial score (nSPS) is 35.8. The molecule has 3 N–H and O–H groups in total. The SMILES string of the molecule is NC1NC(C2CCCCC2)N(CC2CCCCC2)S1. The predicted molar refractivity (Wildman–Crippen MR) is 82.3 cm³/mol. The lowest BCUT2D eigenvalue weighted by Gasteiger charge is -2.35. The molecular formula is C15H29N3S. The quantitative estimate of drug-likeness (QED) is 0.780. The molecule has 0 spiro atoms. The Morgan fingerprint density at radius 2 is 1.58 bits per heavy atom. The summed E-state index contributed by atoms with van der Waals surface area (Å²) in [7, 11) is 0. The third-order valence-corrected chi connectivity index (χ3v) is 6.16. The van der Waals surface area contributed by atoms with Crippen molar-refractivity contribution in [2.75, 3.05) is 6.54 Å². The van der Waals surface area contributed by atoms with Crippen molar-refractivity contribution in [1.29, 1.82) is 0 Å². The summed E-state index contributed by atoms with van der Waals surface area (Å²) in [6.07, 6.45) is 14.8. The summed E-state index contributed by atoms with van der Waals surface area (Å²) in [6, 6.07) is 0. The van der Waals surface area contributed by atoms with Gasteiger partial charge in [-0.05, 0) is 49.5 Å². The van der Waals surface area contributed by atoms with E-state index in [1.807, 2.05) is 11.9 Å². The number of rotatable bonds is 3. The molecule has 3 fully saturated rings. The van der Waals surface area contributed by atoms with Gasteiger partial charge in [-0.25, -0.2) is 4.31 Å². The van der Waals surface area contributed by atoms with Gasteiger partial charge in [0.05, 0.1) is 6.17 Å². The molecule has 110 valence electrons. The van der Waals surface area contributed by atoms with Crippen molar-refractivity contribution < 1.29 is 0 Å². The molecule has 4 heteroatoms. The molecule has 0 aromatic carbocycles. The molecule has 3 nitrogen and oxygen atoms in total. The molecule has 0 bridgehead atoms. The van der Waals surface area contributed by atoms with Crippen LogP contribution in [-0.2, 0) is 0 Å². The van der Waals surface area contributed by atoms with Crippen LogP contribution in [0.1, 0.15) is 64.2 Å². The maximum atomic E-state index is 6.14. The minimum atomic E-state index is 0.121. The Labute approximate surface area is 122 Å². The summed E-state index contributed by atoms with van der Waals surface area (Å²) >= 11 is 1.86. The van der Waals surface area contributed by atoms with Crippen LogP contribution >= 0.6 is 11.9 Å². The molecule has 3 rings (SSSR count). The highest BCUT2D eigenvalue weighted by Crippen LogP contribution is 2.37. The Hall–Kier alpha value is 0.230. The van der Waals surface area contributed by atoms with Gasteiger partial charge < -0.3 is 5.73 Å². The maximum absolute atomic E-state index is 6.14. The lowest BCUT2D eigenvalue weighted by molar-refractivity contribution is 0.161. The Morgan fingerprint density at radius 1 is 0.947 bits per heavy atom.